The number of benzene rings is 2. The van der Waals surface area contributed by atoms with Gasteiger partial charge in [-0.3, -0.25) is 4.79 Å². The monoisotopic (exact) mass is 398 g/mol. The van der Waals surface area contributed by atoms with E-state index in [1.54, 1.807) is 36.5 Å². The molecule has 0 bridgehead atoms. The summed E-state index contributed by atoms with van der Waals surface area (Å²) in [6.45, 7) is 0. The highest BCUT2D eigenvalue weighted by atomic mass is 79.9. The predicted molar refractivity (Wildman–Crippen MR) is 93.5 cm³/mol. The Hall–Kier alpha value is -2.98. The average molecular weight is 399 g/mol. The number of amides is 1. The van der Waals surface area contributed by atoms with Crippen LogP contribution in [0.5, 0.6) is 0 Å². The molecule has 3 rings (SSSR count). The predicted octanol–water partition coefficient (Wildman–Crippen LogP) is 3.77. The van der Waals surface area contributed by atoms with Crippen molar-refractivity contribution in [2.75, 3.05) is 0 Å². The van der Waals surface area contributed by atoms with Gasteiger partial charge < -0.3 is 5.32 Å². The lowest BCUT2D eigenvalue weighted by atomic mass is 10.1. The minimum atomic E-state index is -0.802. The average Bonchev–Trinajstić information content (AvgIpc) is 3.10. The highest BCUT2D eigenvalue weighted by molar-refractivity contribution is 9.10. The van der Waals surface area contributed by atoms with E-state index in [2.05, 4.69) is 32.4 Å². The van der Waals surface area contributed by atoms with Crippen molar-refractivity contribution in [2.45, 2.75) is 6.04 Å². The number of nitriles is 1. The quantitative estimate of drug-likeness (QED) is 0.726. The molecule has 2 aromatic carbocycles. The number of nitrogens with zero attached hydrogens (tertiary/aromatic N) is 3. The lowest BCUT2D eigenvalue weighted by molar-refractivity contribution is 0.0939. The van der Waals surface area contributed by atoms with Crippen molar-refractivity contribution in [3.8, 4) is 11.8 Å². The Balaban J connectivity index is 1.78. The zero-order valence-electron chi connectivity index (χ0n) is 12.9. The van der Waals surface area contributed by atoms with Crippen LogP contribution in [0.15, 0.2) is 65.3 Å². The van der Waals surface area contributed by atoms with E-state index in [-0.39, 0.29) is 5.69 Å². The molecule has 0 spiro atoms. The molecular formula is C18H12BrFN4O. The molecule has 124 valence electrons. The molecule has 0 aliphatic heterocycles. The third-order valence-corrected chi connectivity index (χ3v) is 3.97. The smallest absolute Gasteiger partial charge is 0.273 e. The van der Waals surface area contributed by atoms with E-state index >= 15 is 0 Å². The summed E-state index contributed by atoms with van der Waals surface area (Å²) in [6.07, 6.45) is 1.56. The van der Waals surface area contributed by atoms with Crippen LogP contribution in [0.3, 0.4) is 0 Å². The van der Waals surface area contributed by atoms with Gasteiger partial charge in [-0.25, -0.2) is 9.07 Å². The molecule has 25 heavy (non-hydrogen) atoms. The number of nitrogens with one attached hydrogen (secondary N) is 1. The third kappa shape index (κ3) is 3.92. The molecule has 0 saturated carbocycles. The van der Waals surface area contributed by atoms with Crippen LogP contribution >= 0.6 is 15.9 Å². The first-order chi connectivity index (χ1) is 12.1. The fourth-order valence-corrected chi connectivity index (χ4v) is 2.71. The maximum atomic E-state index is 13.3. The number of hydrogen-bond acceptors (Lipinski definition) is 3. The van der Waals surface area contributed by atoms with Crippen LogP contribution in [0.4, 0.5) is 4.39 Å². The summed E-state index contributed by atoms with van der Waals surface area (Å²) in [7, 11) is 0. The minimum absolute atomic E-state index is 0.138. The molecule has 0 fully saturated rings. The molecule has 3 aromatic rings. The zero-order chi connectivity index (χ0) is 17.8. The van der Waals surface area contributed by atoms with Gasteiger partial charge in [0.2, 0.25) is 0 Å². The van der Waals surface area contributed by atoms with Crippen LogP contribution in [0, 0.1) is 17.1 Å². The fourth-order valence-electron chi connectivity index (χ4n) is 2.29. The lowest BCUT2D eigenvalue weighted by Crippen LogP contribution is -2.28. The van der Waals surface area contributed by atoms with E-state index in [0.29, 0.717) is 11.3 Å². The Morgan fingerprint density at radius 2 is 2.04 bits per heavy atom. The first-order valence-corrected chi connectivity index (χ1v) is 8.13. The van der Waals surface area contributed by atoms with Crippen LogP contribution in [0.2, 0.25) is 0 Å². The van der Waals surface area contributed by atoms with E-state index in [0.717, 1.165) is 4.47 Å². The van der Waals surface area contributed by atoms with Gasteiger partial charge in [-0.2, -0.15) is 10.4 Å². The topological polar surface area (TPSA) is 70.7 Å². The summed E-state index contributed by atoms with van der Waals surface area (Å²) < 4.78 is 15.5. The second kappa shape index (κ2) is 7.28. The van der Waals surface area contributed by atoms with Gasteiger partial charge in [-0.15, -0.1) is 0 Å². The number of aromatic nitrogens is 2. The Morgan fingerprint density at radius 1 is 1.24 bits per heavy atom. The summed E-state index contributed by atoms with van der Waals surface area (Å²) in [4.78, 5) is 12.4. The molecule has 0 aliphatic rings. The molecule has 1 amide bonds. The third-order valence-electron chi connectivity index (χ3n) is 3.48. The van der Waals surface area contributed by atoms with Crippen molar-refractivity contribution in [1.82, 2.24) is 15.1 Å². The van der Waals surface area contributed by atoms with Gasteiger partial charge in [-0.05, 0) is 42.0 Å². The Labute approximate surface area is 151 Å². The summed E-state index contributed by atoms with van der Waals surface area (Å²) in [5.74, 6) is -0.875. The molecule has 0 saturated heterocycles. The minimum Gasteiger partial charge on any atom is -0.331 e. The van der Waals surface area contributed by atoms with Crippen molar-refractivity contribution in [1.29, 1.82) is 5.26 Å². The number of rotatable bonds is 4. The normalized spacial score (nSPS) is 11.6. The first-order valence-electron chi connectivity index (χ1n) is 7.34. The molecule has 1 heterocycles. The van der Waals surface area contributed by atoms with Crippen LogP contribution < -0.4 is 5.32 Å². The summed E-state index contributed by atoms with van der Waals surface area (Å²) >= 11 is 3.34. The molecule has 1 aromatic heterocycles. The van der Waals surface area contributed by atoms with Gasteiger partial charge in [-0.1, -0.05) is 34.1 Å². The highest BCUT2D eigenvalue weighted by Crippen LogP contribution is 2.18. The zero-order valence-corrected chi connectivity index (χ0v) is 14.4. The van der Waals surface area contributed by atoms with Gasteiger partial charge in [0.1, 0.15) is 11.9 Å². The van der Waals surface area contributed by atoms with Crippen LogP contribution in [-0.4, -0.2) is 15.7 Å². The van der Waals surface area contributed by atoms with Crippen LogP contribution in [-0.2, 0) is 0 Å². The van der Waals surface area contributed by atoms with Crippen molar-refractivity contribution in [2.24, 2.45) is 0 Å². The Bertz CT molecular complexity index is 963. The molecule has 0 radical (unpaired) electrons. The molecule has 0 unspecified atom stereocenters. The van der Waals surface area contributed by atoms with Crippen LogP contribution in [0.25, 0.3) is 5.69 Å². The molecule has 7 heteroatoms. The van der Waals surface area contributed by atoms with Crippen molar-refractivity contribution in [3.05, 3.63) is 82.3 Å². The van der Waals surface area contributed by atoms with E-state index < -0.39 is 17.8 Å². The second-order valence-electron chi connectivity index (χ2n) is 5.22. The Morgan fingerprint density at radius 3 is 2.76 bits per heavy atom. The molecule has 5 nitrogen and oxygen atoms in total. The van der Waals surface area contributed by atoms with Crippen LogP contribution in [0.1, 0.15) is 22.1 Å². The number of hydrogen-bond donors (Lipinski definition) is 1. The first kappa shape index (κ1) is 16.9. The maximum absolute atomic E-state index is 13.3. The maximum Gasteiger partial charge on any atom is 0.273 e. The highest BCUT2D eigenvalue weighted by Gasteiger charge is 2.17. The molecular weight excluding hydrogens is 387 g/mol. The number of halogens is 2. The van der Waals surface area contributed by atoms with Crippen molar-refractivity contribution in [3.63, 3.8) is 0 Å². The molecule has 1 N–H and O–H groups in total. The fraction of sp³-hybridized carbons (Fsp3) is 0.0556. The SMILES string of the molecule is N#C[C@@H](NC(=O)c1ccn(-c2cccc(F)c2)n1)c1cccc(Br)c1. The van der Waals surface area contributed by atoms with Crippen molar-refractivity contribution >= 4 is 21.8 Å². The molecule has 1 atom stereocenters. The number of carbonyl (C=O) groups is 1. The van der Waals surface area contributed by atoms with Gasteiger partial charge >= 0.3 is 0 Å². The summed E-state index contributed by atoms with van der Waals surface area (Å²) in [6, 6.07) is 15.8. The van der Waals surface area contributed by atoms with Crippen molar-refractivity contribution < 1.29 is 9.18 Å². The van der Waals surface area contributed by atoms with Gasteiger partial charge in [0.15, 0.2) is 5.69 Å². The lowest BCUT2D eigenvalue weighted by Gasteiger charge is -2.11. The summed E-state index contributed by atoms with van der Waals surface area (Å²) in [5, 5.41) is 16.1. The second-order valence-corrected chi connectivity index (χ2v) is 6.13. The Kier molecular flexibility index (Phi) is 4.91. The van der Waals surface area contributed by atoms with E-state index in [1.807, 2.05) is 6.07 Å². The van der Waals surface area contributed by atoms with Gasteiger partial charge in [0, 0.05) is 10.7 Å². The molecule has 0 aliphatic carbocycles. The largest absolute Gasteiger partial charge is 0.331 e. The van der Waals surface area contributed by atoms with E-state index in [4.69, 9.17) is 0 Å². The standard InChI is InChI=1S/C18H12BrFN4O/c19-13-4-1-3-12(9-13)17(11-21)22-18(25)16-7-8-24(23-16)15-6-2-5-14(20)10-15/h1-10,17H,(H,22,25)/t17-/m1/s1. The van der Waals surface area contributed by atoms with E-state index in [9.17, 15) is 14.4 Å². The number of carbonyl (C=O) groups excluding carboxylic acids is 1. The summed E-state index contributed by atoms with van der Waals surface area (Å²) in [5.41, 5.74) is 1.30. The van der Waals surface area contributed by atoms with E-state index in [1.165, 1.54) is 22.9 Å². The van der Waals surface area contributed by atoms with Gasteiger partial charge in [0.05, 0.1) is 11.8 Å². The van der Waals surface area contributed by atoms with Gasteiger partial charge in [0.25, 0.3) is 5.91 Å².